The molecule has 0 aliphatic carbocycles. The Morgan fingerprint density at radius 1 is 1.25 bits per heavy atom. The lowest BCUT2D eigenvalue weighted by Gasteiger charge is -2.28. The van der Waals surface area contributed by atoms with E-state index in [9.17, 15) is 14.7 Å². The fourth-order valence-electron chi connectivity index (χ4n) is 4.34. The molecule has 1 fully saturated rings. The molecule has 0 spiro atoms. The van der Waals surface area contributed by atoms with Crippen molar-refractivity contribution in [2.24, 2.45) is 0 Å². The van der Waals surface area contributed by atoms with Gasteiger partial charge in [0, 0.05) is 13.1 Å². The van der Waals surface area contributed by atoms with Gasteiger partial charge in [-0.3, -0.25) is 9.59 Å². The number of amides is 1. The number of likely N-dealkylation sites (tertiary alicyclic amines) is 1. The zero-order chi connectivity index (χ0) is 22.7. The molecule has 7 heteroatoms. The van der Waals surface area contributed by atoms with Gasteiger partial charge in [-0.1, -0.05) is 24.8 Å². The predicted octanol–water partition coefficient (Wildman–Crippen LogP) is 3.83. The van der Waals surface area contributed by atoms with Crippen molar-refractivity contribution in [3.63, 3.8) is 0 Å². The highest BCUT2D eigenvalue weighted by atomic mass is 16.5. The Balaban J connectivity index is 1.70. The van der Waals surface area contributed by atoms with Crippen LogP contribution in [0.5, 0.6) is 5.75 Å². The summed E-state index contributed by atoms with van der Waals surface area (Å²) in [4.78, 5) is 30.3. The summed E-state index contributed by atoms with van der Waals surface area (Å²) < 4.78 is 11.2. The van der Waals surface area contributed by atoms with Crippen LogP contribution in [0, 0.1) is 6.92 Å². The number of carbonyl (C=O) groups is 2. The van der Waals surface area contributed by atoms with Crippen molar-refractivity contribution in [3.8, 4) is 5.75 Å². The van der Waals surface area contributed by atoms with Crippen LogP contribution >= 0.6 is 0 Å². The summed E-state index contributed by atoms with van der Waals surface area (Å²) in [6.45, 7) is 8.82. The van der Waals surface area contributed by atoms with E-state index in [1.54, 1.807) is 42.2 Å². The van der Waals surface area contributed by atoms with Crippen molar-refractivity contribution in [2.75, 3.05) is 32.8 Å². The van der Waals surface area contributed by atoms with Gasteiger partial charge in [0.2, 0.25) is 5.78 Å². The Morgan fingerprint density at radius 2 is 2.03 bits per heavy atom. The van der Waals surface area contributed by atoms with Gasteiger partial charge < -0.3 is 24.1 Å². The summed E-state index contributed by atoms with van der Waals surface area (Å²) in [6, 6.07) is 9.77. The van der Waals surface area contributed by atoms with Gasteiger partial charge in [0.15, 0.2) is 11.5 Å². The van der Waals surface area contributed by atoms with E-state index in [-0.39, 0.29) is 11.3 Å². The van der Waals surface area contributed by atoms with Gasteiger partial charge in [-0.2, -0.15) is 0 Å². The van der Waals surface area contributed by atoms with Gasteiger partial charge in [0.05, 0.1) is 11.6 Å². The van der Waals surface area contributed by atoms with Crippen molar-refractivity contribution >= 4 is 11.7 Å². The minimum absolute atomic E-state index is 0.0339. The van der Waals surface area contributed by atoms with Crippen LogP contribution in [0.25, 0.3) is 0 Å². The van der Waals surface area contributed by atoms with Gasteiger partial charge in [0.25, 0.3) is 5.91 Å². The Morgan fingerprint density at radius 3 is 2.72 bits per heavy atom. The first-order valence-electron chi connectivity index (χ1n) is 10.9. The summed E-state index contributed by atoms with van der Waals surface area (Å²) in [6.07, 6.45) is 3.93. The number of carbonyl (C=O) groups excluding carboxylic acids is 2. The number of aliphatic hydroxyl groups excluding tert-OH is 1. The van der Waals surface area contributed by atoms with E-state index in [1.807, 2.05) is 12.1 Å². The van der Waals surface area contributed by atoms with E-state index in [4.69, 9.17) is 9.15 Å². The molecule has 7 nitrogen and oxygen atoms in total. The van der Waals surface area contributed by atoms with Gasteiger partial charge in [-0.15, -0.1) is 0 Å². The third kappa shape index (κ3) is 4.34. The lowest BCUT2D eigenvalue weighted by Crippen LogP contribution is -2.37. The van der Waals surface area contributed by atoms with Crippen molar-refractivity contribution in [1.29, 1.82) is 0 Å². The molecule has 1 amide bonds. The second-order valence-electron chi connectivity index (χ2n) is 8.12. The topological polar surface area (TPSA) is 83.2 Å². The van der Waals surface area contributed by atoms with Crippen LogP contribution in [-0.4, -0.2) is 59.4 Å². The van der Waals surface area contributed by atoms with E-state index in [1.165, 1.54) is 0 Å². The summed E-state index contributed by atoms with van der Waals surface area (Å²) in [5, 5.41) is 10.8. The number of benzene rings is 1. The number of furan rings is 1. The van der Waals surface area contributed by atoms with Gasteiger partial charge in [-0.05, 0) is 62.7 Å². The number of nitrogens with zero attached hydrogens (tertiary/aromatic N) is 2. The van der Waals surface area contributed by atoms with Crippen LogP contribution in [-0.2, 0) is 4.79 Å². The minimum atomic E-state index is -0.727. The van der Waals surface area contributed by atoms with Crippen molar-refractivity contribution < 1.29 is 23.8 Å². The van der Waals surface area contributed by atoms with E-state index >= 15 is 0 Å². The first-order valence-corrected chi connectivity index (χ1v) is 10.9. The highest BCUT2D eigenvalue weighted by Gasteiger charge is 2.44. The predicted molar refractivity (Wildman–Crippen MR) is 120 cm³/mol. The number of aliphatic hydroxyl groups is 1. The quantitative estimate of drug-likeness (QED) is 0.475. The van der Waals surface area contributed by atoms with Crippen LogP contribution in [0.15, 0.2) is 64.8 Å². The Kier molecular flexibility index (Phi) is 6.46. The van der Waals surface area contributed by atoms with Crippen LogP contribution in [0.3, 0.4) is 0 Å². The molecule has 32 heavy (non-hydrogen) atoms. The zero-order valence-corrected chi connectivity index (χ0v) is 18.3. The first-order chi connectivity index (χ1) is 15.5. The highest BCUT2D eigenvalue weighted by molar-refractivity contribution is 6.15. The lowest BCUT2D eigenvalue weighted by atomic mass is 9.95. The molecule has 1 atom stereocenters. The van der Waals surface area contributed by atoms with Gasteiger partial charge in [0.1, 0.15) is 18.1 Å². The van der Waals surface area contributed by atoms with Gasteiger partial charge >= 0.3 is 0 Å². The number of ketones is 1. The summed E-state index contributed by atoms with van der Waals surface area (Å²) in [5.74, 6) is -0.273. The third-order valence-electron chi connectivity index (χ3n) is 5.91. The molecule has 2 aromatic rings. The fourth-order valence-corrected chi connectivity index (χ4v) is 4.34. The number of ether oxygens (including phenoxy) is 1. The molecule has 1 N–H and O–H groups in total. The Bertz CT molecular complexity index is 1050. The Hall–Kier alpha value is -3.32. The van der Waals surface area contributed by atoms with Crippen molar-refractivity contribution in [1.82, 2.24) is 9.80 Å². The average Bonchev–Trinajstić information content (AvgIpc) is 3.52. The number of rotatable bonds is 9. The standard InChI is InChI=1S/C25H28N2O5/c1-3-15-31-19-8-6-7-18(16-19)22-21(23(28)20-10-9-17(2)32-20)24(29)25(30)27(22)14-13-26-11-4-5-12-26/h3,6-10,16,22,29H,1,4-5,11-15H2,2H3. The molecule has 0 radical (unpaired) electrons. The van der Waals surface area contributed by atoms with E-state index in [0.29, 0.717) is 36.8 Å². The molecule has 1 aromatic heterocycles. The maximum atomic E-state index is 13.3. The van der Waals surface area contributed by atoms with Crippen LogP contribution in [0.2, 0.25) is 0 Å². The second-order valence-corrected chi connectivity index (χ2v) is 8.12. The monoisotopic (exact) mass is 436 g/mol. The molecule has 3 heterocycles. The molecule has 0 bridgehead atoms. The molecule has 1 aromatic carbocycles. The SMILES string of the molecule is C=CCOc1cccc(C2C(C(=O)c3ccc(C)o3)=C(O)C(=O)N2CCN2CCCC2)c1. The lowest BCUT2D eigenvalue weighted by molar-refractivity contribution is -0.129. The van der Waals surface area contributed by atoms with Crippen LogP contribution in [0.4, 0.5) is 0 Å². The first kappa shape index (κ1) is 21.9. The molecule has 1 unspecified atom stereocenters. The molecule has 2 aliphatic heterocycles. The average molecular weight is 437 g/mol. The zero-order valence-electron chi connectivity index (χ0n) is 18.3. The van der Waals surface area contributed by atoms with Crippen LogP contribution in [0.1, 0.15) is 40.8 Å². The fraction of sp³-hybridized carbons (Fsp3) is 0.360. The number of aryl methyl sites for hydroxylation is 1. The summed E-state index contributed by atoms with van der Waals surface area (Å²) in [5.41, 5.74) is 0.726. The minimum Gasteiger partial charge on any atom is -0.503 e. The van der Waals surface area contributed by atoms with E-state index in [2.05, 4.69) is 11.5 Å². The molecule has 0 saturated carbocycles. The third-order valence-corrected chi connectivity index (χ3v) is 5.91. The highest BCUT2D eigenvalue weighted by Crippen LogP contribution is 2.40. The van der Waals surface area contributed by atoms with Crippen molar-refractivity contribution in [3.05, 3.63) is 77.5 Å². The maximum absolute atomic E-state index is 13.3. The van der Waals surface area contributed by atoms with E-state index in [0.717, 1.165) is 25.9 Å². The number of Topliss-reactive ketones (excluding diaryl/α,β-unsaturated/α-hetero) is 1. The number of hydrogen-bond donors (Lipinski definition) is 1. The molecular formula is C25H28N2O5. The molecule has 168 valence electrons. The maximum Gasteiger partial charge on any atom is 0.290 e. The molecule has 1 saturated heterocycles. The smallest absolute Gasteiger partial charge is 0.290 e. The second kappa shape index (κ2) is 9.44. The molecule has 2 aliphatic rings. The summed E-state index contributed by atoms with van der Waals surface area (Å²) in [7, 11) is 0. The van der Waals surface area contributed by atoms with Crippen molar-refractivity contribution in [2.45, 2.75) is 25.8 Å². The molecule has 4 rings (SSSR count). The molecular weight excluding hydrogens is 408 g/mol. The normalized spacial score (nSPS) is 19.1. The summed E-state index contributed by atoms with van der Waals surface area (Å²) >= 11 is 0. The Labute approximate surface area is 187 Å². The van der Waals surface area contributed by atoms with Gasteiger partial charge in [-0.25, -0.2) is 0 Å². The largest absolute Gasteiger partial charge is 0.503 e. The van der Waals surface area contributed by atoms with E-state index < -0.39 is 23.5 Å². The van der Waals surface area contributed by atoms with Crippen LogP contribution < -0.4 is 4.74 Å². The number of hydrogen-bond acceptors (Lipinski definition) is 6.